The van der Waals surface area contributed by atoms with E-state index in [0.29, 0.717) is 11.5 Å². The lowest BCUT2D eigenvalue weighted by Gasteiger charge is -2.24. The van der Waals surface area contributed by atoms with Crippen LogP contribution in [-0.2, 0) is 13.5 Å². The van der Waals surface area contributed by atoms with Crippen LogP contribution >= 0.6 is 0 Å². The molecule has 108 valence electrons. The summed E-state index contributed by atoms with van der Waals surface area (Å²) in [5.74, 6) is 1.20. The van der Waals surface area contributed by atoms with Crippen LogP contribution in [0.4, 0.5) is 0 Å². The van der Waals surface area contributed by atoms with Crippen molar-refractivity contribution in [3.63, 3.8) is 0 Å². The average Bonchev–Trinajstić information content (AvgIpc) is 3.12. The molecule has 1 heterocycles. The fourth-order valence-corrected chi connectivity index (χ4v) is 2.99. The van der Waals surface area contributed by atoms with E-state index in [-0.39, 0.29) is 0 Å². The molecule has 2 aromatic rings. The summed E-state index contributed by atoms with van der Waals surface area (Å²) in [5, 5.41) is 3.74. The second-order valence-corrected chi connectivity index (χ2v) is 6.44. The van der Waals surface area contributed by atoms with Crippen LogP contribution in [0.5, 0.6) is 0 Å². The predicted octanol–water partition coefficient (Wildman–Crippen LogP) is 3.28. The summed E-state index contributed by atoms with van der Waals surface area (Å²) in [6.45, 7) is 5.74. The molecule has 3 heteroatoms. The van der Waals surface area contributed by atoms with Gasteiger partial charge in [0.1, 0.15) is 5.82 Å². The van der Waals surface area contributed by atoms with Gasteiger partial charge in [0, 0.05) is 19.5 Å². The number of nitrogens with one attached hydrogen (secondary N) is 1. The zero-order valence-electron chi connectivity index (χ0n) is 12.8. The van der Waals surface area contributed by atoms with E-state index in [1.165, 1.54) is 30.6 Å². The fourth-order valence-electron chi connectivity index (χ4n) is 2.99. The number of fused-ring (bicyclic) bond motifs is 1. The molecule has 0 aliphatic heterocycles. The molecule has 1 aliphatic carbocycles. The largest absolute Gasteiger partial charge is 0.331 e. The van der Waals surface area contributed by atoms with E-state index in [4.69, 9.17) is 4.98 Å². The molecule has 0 amide bonds. The Labute approximate surface area is 121 Å². The van der Waals surface area contributed by atoms with Gasteiger partial charge in [-0.05, 0) is 43.4 Å². The SMILES string of the molecule is CCCNC(Cc1nc2ccccc2n1C)C1(C)CC1. The molecule has 1 unspecified atom stereocenters. The summed E-state index contributed by atoms with van der Waals surface area (Å²) < 4.78 is 2.25. The van der Waals surface area contributed by atoms with E-state index >= 15 is 0 Å². The maximum Gasteiger partial charge on any atom is 0.111 e. The first-order chi connectivity index (χ1) is 9.64. The quantitative estimate of drug-likeness (QED) is 0.873. The van der Waals surface area contributed by atoms with Gasteiger partial charge in [-0.2, -0.15) is 0 Å². The normalized spacial score (nSPS) is 18.4. The van der Waals surface area contributed by atoms with Crippen LogP contribution < -0.4 is 5.32 Å². The van der Waals surface area contributed by atoms with Gasteiger partial charge >= 0.3 is 0 Å². The molecule has 3 rings (SSSR count). The number of benzene rings is 1. The number of hydrogen-bond acceptors (Lipinski definition) is 2. The van der Waals surface area contributed by atoms with Gasteiger partial charge < -0.3 is 9.88 Å². The minimum atomic E-state index is 0.479. The topological polar surface area (TPSA) is 29.9 Å². The first-order valence-corrected chi connectivity index (χ1v) is 7.78. The lowest BCUT2D eigenvalue weighted by Crippen LogP contribution is -2.39. The highest BCUT2D eigenvalue weighted by molar-refractivity contribution is 5.75. The smallest absolute Gasteiger partial charge is 0.111 e. The van der Waals surface area contributed by atoms with Crippen LogP contribution in [0.25, 0.3) is 11.0 Å². The Morgan fingerprint density at radius 3 is 2.75 bits per heavy atom. The van der Waals surface area contributed by atoms with E-state index in [1.807, 2.05) is 0 Å². The fraction of sp³-hybridized carbons (Fsp3) is 0.588. The zero-order valence-corrected chi connectivity index (χ0v) is 12.8. The van der Waals surface area contributed by atoms with Gasteiger partial charge in [0.15, 0.2) is 0 Å². The molecule has 1 aliphatic rings. The van der Waals surface area contributed by atoms with Crippen molar-refractivity contribution in [2.45, 2.75) is 45.6 Å². The molecular formula is C17H25N3. The second-order valence-electron chi connectivity index (χ2n) is 6.44. The monoisotopic (exact) mass is 271 g/mol. The highest BCUT2D eigenvalue weighted by atomic mass is 15.1. The molecule has 0 saturated heterocycles. The van der Waals surface area contributed by atoms with Gasteiger partial charge in [0.25, 0.3) is 0 Å². The van der Waals surface area contributed by atoms with Crippen LogP contribution in [0.1, 0.15) is 38.9 Å². The molecular weight excluding hydrogens is 246 g/mol. The highest BCUT2D eigenvalue weighted by Gasteiger charge is 2.44. The Balaban J connectivity index is 1.84. The molecule has 0 spiro atoms. The van der Waals surface area contributed by atoms with Gasteiger partial charge in [0.2, 0.25) is 0 Å². The van der Waals surface area contributed by atoms with Gasteiger partial charge in [-0.25, -0.2) is 4.98 Å². The minimum Gasteiger partial charge on any atom is -0.331 e. The van der Waals surface area contributed by atoms with E-state index in [9.17, 15) is 0 Å². The van der Waals surface area contributed by atoms with Crippen molar-refractivity contribution < 1.29 is 0 Å². The molecule has 1 fully saturated rings. The van der Waals surface area contributed by atoms with Crippen molar-refractivity contribution in [3.8, 4) is 0 Å². The maximum atomic E-state index is 4.82. The molecule has 1 N–H and O–H groups in total. The van der Waals surface area contributed by atoms with Crippen molar-refractivity contribution in [3.05, 3.63) is 30.1 Å². The summed E-state index contributed by atoms with van der Waals surface area (Å²) in [6.07, 6.45) is 4.91. The molecule has 1 aromatic heterocycles. The molecule has 3 nitrogen and oxygen atoms in total. The number of hydrogen-bond donors (Lipinski definition) is 1. The van der Waals surface area contributed by atoms with Crippen LogP contribution in [-0.4, -0.2) is 22.1 Å². The number of aryl methyl sites for hydroxylation is 1. The number of imidazole rings is 1. The summed E-state index contributed by atoms with van der Waals surface area (Å²) >= 11 is 0. The molecule has 1 atom stereocenters. The van der Waals surface area contributed by atoms with E-state index in [1.54, 1.807) is 0 Å². The van der Waals surface area contributed by atoms with E-state index < -0.39 is 0 Å². The highest BCUT2D eigenvalue weighted by Crippen LogP contribution is 2.48. The molecule has 1 saturated carbocycles. The Hall–Kier alpha value is -1.35. The average molecular weight is 271 g/mol. The Kier molecular flexibility index (Phi) is 3.55. The van der Waals surface area contributed by atoms with Crippen LogP contribution in [0.15, 0.2) is 24.3 Å². The van der Waals surface area contributed by atoms with Gasteiger partial charge in [-0.15, -0.1) is 0 Å². The maximum absolute atomic E-state index is 4.82. The Bertz CT molecular complexity index is 595. The summed E-state index contributed by atoms with van der Waals surface area (Å²) in [4.78, 5) is 4.82. The number of rotatable bonds is 6. The van der Waals surface area contributed by atoms with Crippen molar-refractivity contribution in [1.82, 2.24) is 14.9 Å². The van der Waals surface area contributed by atoms with Crippen molar-refractivity contribution >= 4 is 11.0 Å². The third-order valence-corrected chi connectivity index (χ3v) is 4.79. The van der Waals surface area contributed by atoms with Gasteiger partial charge in [0.05, 0.1) is 11.0 Å². The summed E-state index contributed by atoms with van der Waals surface area (Å²) in [6, 6.07) is 8.96. The standard InChI is InChI=1S/C17H25N3/c1-4-11-18-15(17(2)9-10-17)12-16-19-13-7-5-6-8-14(13)20(16)3/h5-8,15,18H,4,9-12H2,1-3H3. The van der Waals surface area contributed by atoms with E-state index in [0.717, 1.165) is 18.5 Å². The van der Waals surface area contributed by atoms with Crippen molar-refractivity contribution in [2.24, 2.45) is 12.5 Å². The first-order valence-electron chi connectivity index (χ1n) is 7.78. The summed E-state index contributed by atoms with van der Waals surface area (Å²) in [5.41, 5.74) is 2.82. The lowest BCUT2D eigenvalue weighted by atomic mass is 9.95. The molecule has 1 aromatic carbocycles. The predicted molar refractivity (Wildman–Crippen MR) is 83.8 cm³/mol. The third-order valence-electron chi connectivity index (χ3n) is 4.79. The van der Waals surface area contributed by atoms with Crippen LogP contribution in [0.3, 0.4) is 0 Å². The molecule has 0 bridgehead atoms. The van der Waals surface area contributed by atoms with E-state index in [2.05, 4.69) is 55.0 Å². The number of nitrogens with zero attached hydrogens (tertiary/aromatic N) is 2. The molecule has 0 radical (unpaired) electrons. The zero-order chi connectivity index (χ0) is 14.2. The third kappa shape index (κ3) is 2.47. The van der Waals surface area contributed by atoms with Crippen LogP contribution in [0.2, 0.25) is 0 Å². The number of aromatic nitrogens is 2. The van der Waals surface area contributed by atoms with Crippen molar-refractivity contribution in [2.75, 3.05) is 6.54 Å². The molecule has 20 heavy (non-hydrogen) atoms. The summed E-state index contributed by atoms with van der Waals surface area (Å²) in [7, 11) is 2.14. The minimum absolute atomic E-state index is 0.479. The second kappa shape index (κ2) is 5.21. The number of para-hydroxylation sites is 2. The Morgan fingerprint density at radius 1 is 1.35 bits per heavy atom. The van der Waals surface area contributed by atoms with Crippen molar-refractivity contribution in [1.29, 1.82) is 0 Å². The van der Waals surface area contributed by atoms with Gasteiger partial charge in [-0.3, -0.25) is 0 Å². The Morgan fingerprint density at radius 2 is 2.10 bits per heavy atom. The first kappa shape index (κ1) is 13.6. The lowest BCUT2D eigenvalue weighted by molar-refractivity contribution is 0.347. The van der Waals surface area contributed by atoms with Crippen LogP contribution in [0, 0.1) is 5.41 Å². The van der Waals surface area contributed by atoms with Gasteiger partial charge in [-0.1, -0.05) is 26.0 Å².